The summed E-state index contributed by atoms with van der Waals surface area (Å²) < 4.78 is 1.96. The monoisotopic (exact) mass is 332 g/mol. The lowest BCUT2D eigenvalue weighted by atomic mass is 10.1. The average Bonchev–Trinajstić information content (AvgIpc) is 2.84. The van der Waals surface area contributed by atoms with Crippen molar-refractivity contribution in [2.45, 2.75) is 0 Å². The van der Waals surface area contributed by atoms with E-state index in [1.165, 1.54) is 0 Å². The summed E-state index contributed by atoms with van der Waals surface area (Å²) in [5.74, 6) is 0.0165. The van der Waals surface area contributed by atoms with Gasteiger partial charge >= 0.3 is 0 Å². The zero-order valence-electron chi connectivity index (χ0n) is 11.9. The molecule has 1 heterocycles. The number of halogens is 2. The average molecular weight is 333 g/mol. The van der Waals surface area contributed by atoms with Crippen molar-refractivity contribution in [3.63, 3.8) is 0 Å². The lowest BCUT2D eigenvalue weighted by Gasteiger charge is -2.07. The molecule has 0 radical (unpaired) electrons. The quantitative estimate of drug-likeness (QED) is 0.697. The van der Waals surface area contributed by atoms with Gasteiger partial charge in [-0.1, -0.05) is 41.4 Å². The van der Waals surface area contributed by atoms with Crippen molar-refractivity contribution in [3.8, 4) is 0 Å². The van der Waals surface area contributed by atoms with Crippen LogP contribution in [0.15, 0.2) is 48.7 Å². The number of nitrogens with zero attached hydrogens (tertiary/aromatic N) is 1. The van der Waals surface area contributed by atoms with E-state index in [4.69, 9.17) is 23.2 Å². The lowest BCUT2D eigenvalue weighted by Crippen LogP contribution is -2.14. The normalized spacial score (nSPS) is 10.9. The molecule has 0 unspecified atom stereocenters. The van der Waals surface area contributed by atoms with Gasteiger partial charge in [-0.25, -0.2) is 0 Å². The van der Waals surface area contributed by atoms with Gasteiger partial charge in [0.15, 0.2) is 5.78 Å². The Kier molecular flexibility index (Phi) is 4.10. The van der Waals surface area contributed by atoms with Gasteiger partial charge in [-0.05, 0) is 24.3 Å². The van der Waals surface area contributed by atoms with Gasteiger partial charge in [-0.15, -0.1) is 0 Å². The fourth-order valence-corrected chi connectivity index (χ4v) is 2.94. The Morgan fingerprint density at radius 1 is 1.18 bits per heavy atom. The molecule has 3 rings (SSSR count). The van der Waals surface area contributed by atoms with Crippen LogP contribution in [0, 0.1) is 0 Å². The first-order valence-corrected chi connectivity index (χ1v) is 7.58. The fourth-order valence-electron chi connectivity index (χ4n) is 2.47. The maximum Gasteiger partial charge on any atom is 0.184 e. The summed E-state index contributed by atoms with van der Waals surface area (Å²) in [4.78, 5) is 12.5. The van der Waals surface area contributed by atoms with E-state index in [1.54, 1.807) is 18.2 Å². The Morgan fingerprint density at radius 3 is 2.73 bits per heavy atom. The van der Waals surface area contributed by atoms with Crippen LogP contribution < -0.4 is 5.32 Å². The SMILES string of the molecule is Cn1cc(C(=O)CNc2ccc(Cl)cc2Cl)c2ccccc21. The molecule has 3 nitrogen and oxygen atoms in total. The first-order chi connectivity index (χ1) is 10.6. The van der Waals surface area contributed by atoms with E-state index in [0.717, 1.165) is 10.9 Å². The van der Waals surface area contributed by atoms with E-state index in [0.29, 0.717) is 21.3 Å². The molecule has 0 aliphatic rings. The Labute approximate surface area is 138 Å². The van der Waals surface area contributed by atoms with Crippen LogP contribution in [0.25, 0.3) is 10.9 Å². The maximum atomic E-state index is 12.5. The number of aromatic nitrogens is 1. The third-order valence-electron chi connectivity index (χ3n) is 3.57. The molecule has 1 aromatic heterocycles. The van der Waals surface area contributed by atoms with Crippen molar-refractivity contribution < 1.29 is 4.79 Å². The zero-order valence-corrected chi connectivity index (χ0v) is 13.4. The second kappa shape index (κ2) is 6.03. The van der Waals surface area contributed by atoms with Crippen LogP contribution in [0.5, 0.6) is 0 Å². The Morgan fingerprint density at radius 2 is 1.95 bits per heavy atom. The van der Waals surface area contributed by atoms with E-state index < -0.39 is 0 Å². The molecule has 22 heavy (non-hydrogen) atoms. The summed E-state index contributed by atoms with van der Waals surface area (Å²) in [6.07, 6.45) is 1.86. The number of rotatable bonds is 4. The minimum atomic E-state index is 0.0165. The fraction of sp³-hybridized carbons (Fsp3) is 0.118. The second-order valence-electron chi connectivity index (χ2n) is 5.07. The molecule has 0 aliphatic carbocycles. The summed E-state index contributed by atoms with van der Waals surface area (Å²) in [6.45, 7) is 0.176. The molecule has 0 amide bonds. The summed E-state index contributed by atoms with van der Waals surface area (Å²) in [6, 6.07) is 13.0. The molecule has 0 saturated heterocycles. The molecule has 0 fully saturated rings. The zero-order chi connectivity index (χ0) is 15.7. The number of aryl methyl sites for hydroxylation is 1. The van der Waals surface area contributed by atoms with E-state index in [-0.39, 0.29) is 12.3 Å². The molecule has 0 saturated carbocycles. The maximum absolute atomic E-state index is 12.5. The van der Waals surface area contributed by atoms with Gasteiger partial charge in [0.25, 0.3) is 0 Å². The van der Waals surface area contributed by atoms with E-state index in [1.807, 2.05) is 42.1 Å². The van der Waals surface area contributed by atoms with Gasteiger partial charge in [0.2, 0.25) is 0 Å². The largest absolute Gasteiger partial charge is 0.376 e. The Balaban J connectivity index is 1.82. The van der Waals surface area contributed by atoms with Crippen molar-refractivity contribution in [1.29, 1.82) is 0 Å². The van der Waals surface area contributed by atoms with Gasteiger partial charge in [-0.2, -0.15) is 0 Å². The molecule has 1 N–H and O–H groups in total. The number of carbonyl (C=O) groups is 1. The van der Waals surface area contributed by atoms with Crippen LogP contribution in [0.3, 0.4) is 0 Å². The minimum absolute atomic E-state index is 0.0165. The molecule has 0 atom stereocenters. The number of para-hydroxylation sites is 1. The van der Waals surface area contributed by atoms with Gasteiger partial charge in [0, 0.05) is 34.7 Å². The van der Waals surface area contributed by atoms with Crippen molar-refractivity contribution in [2.24, 2.45) is 7.05 Å². The first-order valence-electron chi connectivity index (χ1n) is 6.82. The van der Waals surface area contributed by atoms with Crippen LogP contribution >= 0.6 is 23.2 Å². The van der Waals surface area contributed by atoms with Crippen LogP contribution in [-0.2, 0) is 7.05 Å². The predicted molar refractivity (Wildman–Crippen MR) is 92.2 cm³/mol. The number of benzene rings is 2. The Bertz CT molecular complexity index is 855. The molecule has 2 aromatic carbocycles. The smallest absolute Gasteiger partial charge is 0.184 e. The summed E-state index contributed by atoms with van der Waals surface area (Å²) in [5, 5.41) is 5.08. The van der Waals surface area contributed by atoms with Crippen molar-refractivity contribution in [3.05, 3.63) is 64.3 Å². The number of hydrogen-bond donors (Lipinski definition) is 1. The van der Waals surface area contributed by atoms with Crippen LogP contribution in [0.2, 0.25) is 10.0 Å². The molecule has 3 aromatic rings. The molecular formula is C17H14Cl2N2O. The molecule has 5 heteroatoms. The van der Waals surface area contributed by atoms with E-state index in [2.05, 4.69) is 5.32 Å². The summed E-state index contributed by atoms with van der Waals surface area (Å²) >= 11 is 12.0. The number of hydrogen-bond acceptors (Lipinski definition) is 2. The van der Waals surface area contributed by atoms with E-state index >= 15 is 0 Å². The Hall–Kier alpha value is -1.97. The lowest BCUT2D eigenvalue weighted by molar-refractivity contribution is 0.101. The van der Waals surface area contributed by atoms with Gasteiger partial charge in [0.05, 0.1) is 17.3 Å². The molecule has 112 valence electrons. The van der Waals surface area contributed by atoms with E-state index in [9.17, 15) is 4.79 Å². The topological polar surface area (TPSA) is 34.0 Å². The number of carbonyl (C=O) groups excluding carboxylic acids is 1. The van der Waals surface area contributed by atoms with Crippen LogP contribution in [0.1, 0.15) is 10.4 Å². The first kappa shape index (κ1) is 14.9. The van der Waals surface area contributed by atoms with Crippen LogP contribution in [-0.4, -0.2) is 16.9 Å². The number of fused-ring (bicyclic) bond motifs is 1. The number of ketones is 1. The third-order valence-corrected chi connectivity index (χ3v) is 4.12. The van der Waals surface area contributed by atoms with Crippen LogP contribution in [0.4, 0.5) is 5.69 Å². The summed E-state index contributed by atoms with van der Waals surface area (Å²) in [5.41, 5.74) is 2.44. The van der Waals surface area contributed by atoms with Crippen molar-refractivity contribution in [2.75, 3.05) is 11.9 Å². The van der Waals surface area contributed by atoms with Crippen molar-refractivity contribution >= 4 is 45.6 Å². The highest BCUT2D eigenvalue weighted by Crippen LogP contribution is 2.26. The highest BCUT2D eigenvalue weighted by Gasteiger charge is 2.13. The molecule has 0 spiro atoms. The standard InChI is InChI=1S/C17H14Cl2N2O/c1-21-10-13(12-4-2-3-5-16(12)21)17(22)9-20-15-7-6-11(18)8-14(15)19/h2-8,10,20H,9H2,1H3. The highest BCUT2D eigenvalue weighted by molar-refractivity contribution is 6.36. The predicted octanol–water partition coefficient (Wildman–Crippen LogP) is 4.78. The molecular weight excluding hydrogens is 319 g/mol. The number of anilines is 1. The molecule has 0 bridgehead atoms. The summed E-state index contributed by atoms with van der Waals surface area (Å²) in [7, 11) is 1.93. The van der Waals surface area contributed by atoms with Gasteiger partial charge in [0.1, 0.15) is 0 Å². The highest BCUT2D eigenvalue weighted by atomic mass is 35.5. The third kappa shape index (κ3) is 2.82. The van der Waals surface area contributed by atoms with Gasteiger partial charge < -0.3 is 9.88 Å². The second-order valence-corrected chi connectivity index (χ2v) is 5.92. The molecule has 0 aliphatic heterocycles. The van der Waals surface area contributed by atoms with Gasteiger partial charge in [-0.3, -0.25) is 4.79 Å². The minimum Gasteiger partial charge on any atom is -0.376 e. The number of nitrogens with one attached hydrogen (secondary N) is 1. The van der Waals surface area contributed by atoms with Crippen molar-refractivity contribution in [1.82, 2.24) is 4.57 Å². The number of Topliss-reactive ketones (excluding diaryl/α,β-unsaturated/α-hetero) is 1.